The van der Waals surface area contributed by atoms with E-state index in [1.807, 2.05) is 17.7 Å². The predicted octanol–water partition coefficient (Wildman–Crippen LogP) is 2.50. The molecule has 2 heteroatoms. The van der Waals surface area contributed by atoms with Crippen molar-refractivity contribution in [2.75, 3.05) is 0 Å². The van der Waals surface area contributed by atoms with Crippen molar-refractivity contribution in [1.82, 2.24) is 0 Å². The van der Waals surface area contributed by atoms with Gasteiger partial charge in [-0.1, -0.05) is 0 Å². The van der Waals surface area contributed by atoms with Crippen LogP contribution in [0.2, 0.25) is 0 Å². The second kappa shape index (κ2) is 4.30. The van der Waals surface area contributed by atoms with E-state index in [2.05, 4.69) is 11.8 Å². The zero-order chi connectivity index (χ0) is 8.97. The summed E-state index contributed by atoms with van der Waals surface area (Å²) in [6.45, 7) is 3.79. The highest BCUT2D eigenvalue weighted by atomic mass is 32.1. The van der Waals surface area contributed by atoms with Gasteiger partial charge in [-0.05, 0) is 35.7 Å². The Balaban J connectivity index is 2.68. The van der Waals surface area contributed by atoms with Gasteiger partial charge in [0, 0.05) is 6.42 Å². The van der Waals surface area contributed by atoms with Gasteiger partial charge in [-0.3, -0.25) is 0 Å². The summed E-state index contributed by atoms with van der Waals surface area (Å²) in [4.78, 5) is 0. The summed E-state index contributed by atoms with van der Waals surface area (Å²) in [6.07, 6.45) is 0.123. The predicted molar refractivity (Wildman–Crippen MR) is 52.1 cm³/mol. The van der Waals surface area contributed by atoms with E-state index in [-0.39, 0.29) is 0 Å². The van der Waals surface area contributed by atoms with Crippen molar-refractivity contribution in [1.29, 1.82) is 0 Å². The lowest BCUT2D eigenvalue weighted by Gasteiger charge is -2.05. The van der Waals surface area contributed by atoms with Crippen LogP contribution in [0.15, 0.2) is 10.8 Å². The summed E-state index contributed by atoms with van der Waals surface area (Å²) in [6, 6.07) is 0. The smallest absolute Gasteiger partial charge is 0.0909 e. The van der Waals surface area contributed by atoms with Crippen molar-refractivity contribution >= 4 is 11.3 Å². The van der Waals surface area contributed by atoms with Crippen LogP contribution in [0.4, 0.5) is 0 Å². The average molecular weight is 180 g/mol. The minimum Gasteiger partial charge on any atom is -0.387 e. The molecule has 64 valence electrons. The maximum absolute atomic E-state index is 9.63. The van der Waals surface area contributed by atoms with Crippen molar-refractivity contribution < 1.29 is 5.11 Å². The molecule has 1 aromatic heterocycles. The van der Waals surface area contributed by atoms with Crippen molar-refractivity contribution in [3.05, 3.63) is 21.9 Å². The van der Waals surface area contributed by atoms with Gasteiger partial charge < -0.3 is 5.11 Å². The van der Waals surface area contributed by atoms with Gasteiger partial charge in [0.2, 0.25) is 0 Å². The Bertz CT molecular complexity index is 303. The summed E-state index contributed by atoms with van der Waals surface area (Å²) < 4.78 is 0. The molecule has 1 heterocycles. The minimum absolute atomic E-state index is 0.413. The molecule has 1 rings (SSSR count). The molecular formula is C10H12OS. The van der Waals surface area contributed by atoms with Gasteiger partial charge in [0.25, 0.3) is 0 Å². The van der Waals surface area contributed by atoms with E-state index >= 15 is 0 Å². The van der Waals surface area contributed by atoms with Gasteiger partial charge in [0.05, 0.1) is 6.10 Å². The van der Waals surface area contributed by atoms with Gasteiger partial charge in [-0.15, -0.1) is 11.8 Å². The molecule has 0 bridgehead atoms. The number of aliphatic hydroxyl groups excluding tert-OH is 1. The fraction of sp³-hybridized carbons (Fsp3) is 0.400. The lowest BCUT2D eigenvalue weighted by atomic mass is 10.1. The Labute approximate surface area is 77.1 Å². The third-order valence-electron chi connectivity index (χ3n) is 1.73. The second-order valence-electron chi connectivity index (χ2n) is 2.66. The van der Waals surface area contributed by atoms with Gasteiger partial charge in [-0.25, -0.2) is 0 Å². The molecule has 1 aromatic rings. The molecule has 0 amide bonds. The normalized spacial score (nSPS) is 11.9. The van der Waals surface area contributed by atoms with Crippen molar-refractivity contribution in [2.24, 2.45) is 0 Å². The summed E-state index contributed by atoms with van der Waals surface area (Å²) in [7, 11) is 0. The lowest BCUT2D eigenvalue weighted by Crippen LogP contribution is -1.95. The molecule has 0 saturated carbocycles. The molecule has 0 aliphatic carbocycles. The van der Waals surface area contributed by atoms with E-state index in [9.17, 15) is 5.11 Å². The van der Waals surface area contributed by atoms with Crippen LogP contribution >= 0.6 is 11.3 Å². The first-order valence-corrected chi connectivity index (χ1v) is 4.80. The number of rotatable bonds is 2. The largest absolute Gasteiger partial charge is 0.387 e. The van der Waals surface area contributed by atoms with Crippen molar-refractivity contribution in [3.63, 3.8) is 0 Å². The number of aliphatic hydroxyl groups is 1. The van der Waals surface area contributed by atoms with Crippen LogP contribution in [-0.4, -0.2) is 5.11 Å². The Morgan fingerprint density at radius 2 is 2.33 bits per heavy atom. The molecule has 0 spiro atoms. The van der Waals surface area contributed by atoms with Crippen molar-refractivity contribution in [3.8, 4) is 11.8 Å². The van der Waals surface area contributed by atoms with E-state index in [0.29, 0.717) is 6.42 Å². The number of hydrogen-bond acceptors (Lipinski definition) is 2. The monoisotopic (exact) mass is 180 g/mol. The zero-order valence-corrected chi connectivity index (χ0v) is 8.11. The summed E-state index contributed by atoms with van der Waals surface area (Å²) in [5.41, 5.74) is 2.17. The van der Waals surface area contributed by atoms with Crippen molar-refractivity contribution in [2.45, 2.75) is 26.4 Å². The van der Waals surface area contributed by atoms with Gasteiger partial charge in [-0.2, -0.15) is 11.3 Å². The molecule has 0 aliphatic heterocycles. The fourth-order valence-corrected chi connectivity index (χ4v) is 1.92. The molecule has 0 radical (unpaired) electrons. The van der Waals surface area contributed by atoms with E-state index in [4.69, 9.17) is 0 Å². The highest BCUT2D eigenvalue weighted by Gasteiger charge is 2.08. The first kappa shape index (κ1) is 9.31. The SMILES string of the molecule is CC#CCC(O)c1cscc1C. The first-order chi connectivity index (χ1) is 5.75. The van der Waals surface area contributed by atoms with E-state index in [0.717, 1.165) is 11.1 Å². The topological polar surface area (TPSA) is 20.2 Å². The third kappa shape index (κ3) is 2.10. The van der Waals surface area contributed by atoms with Crippen LogP contribution in [0.5, 0.6) is 0 Å². The number of aryl methyl sites for hydroxylation is 1. The summed E-state index contributed by atoms with van der Waals surface area (Å²) in [5.74, 6) is 5.64. The summed E-state index contributed by atoms with van der Waals surface area (Å²) in [5, 5.41) is 13.6. The Kier molecular flexibility index (Phi) is 3.33. The average Bonchev–Trinajstić information content (AvgIpc) is 2.47. The fourth-order valence-electron chi connectivity index (χ4n) is 1.02. The number of hydrogen-bond donors (Lipinski definition) is 1. The van der Waals surface area contributed by atoms with Gasteiger partial charge in [0.15, 0.2) is 0 Å². The molecule has 1 nitrogen and oxygen atoms in total. The van der Waals surface area contributed by atoms with Crippen LogP contribution in [-0.2, 0) is 0 Å². The van der Waals surface area contributed by atoms with E-state index < -0.39 is 6.10 Å². The highest BCUT2D eigenvalue weighted by Crippen LogP contribution is 2.23. The van der Waals surface area contributed by atoms with E-state index in [1.54, 1.807) is 18.3 Å². The molecule has 0 saturated heterocycles. The quantitative estimate of drug-likeness (QED) is 0.693. The standard InChI is InChI=1S/C10H12OS/c1-3-4-5-10(11)9-7-12-6-8(9)2/h6-7,10-11H,5H2,1-2H3. The van der Waals surface area contributed by atoms with Crippen LogP contribution in [0, 0.1) is 18.8 Å². The highest BCUT2D eigenvalue weighted by molar-refractivity contribution is 7.08. The maximum atomic E-state index is 9.63. The summed E-state index contributed by atoms with van der Waals surface area (Å²) >= 11 is 1.62. The first-order valence-electron chi connectivity index (χ1n) is 3.86. The third-order valence-corrected chi connectivity index (χ3v) is 2.61. The Morgan fingerprint density at radius 3 is 2.83 bits per heavy atom. The molecule has 1 atom stereocenters. The lowest BCUT2D eigenvalue weighted by molar-refractivity contribution is 0.184. The molecule has 1 N–H and O–H groups in total. The molecule has 0 aromatic carbocycles. The second-order valence-corrected chi connectivity index (χ2v) is 3.40. The van der Waals surface area contributed by atoms with Crippen LogP contribution < -0.4 is 0 Å². The number of thiophene rings is 1. The van der Waals surface area contributed by atoms with Crippen LogP contribution in [0.25, 0.3) is 0 Å². The molecule has 0 aliphatic rings. The maximum Gasteiger partial charge on any atom is 0.0909 e. The Hall–Kier alpha value is -0.780. The van der Waals surface area contributed by atoms with Crippen LogP contribution in [0.3, 0.4) is 0 Å². The molecule has 12 heavy (non-hydrogen) atoms. The van der Waals surface area contributed by atoms with E-state index in [1.165, 1.54) is 0 Å². The molecular weight excluding hydrogens is 168 g/mol. The van der Waals surface area contributed by atoms with Gasteiger partial charge in [0.1, 0.15) is 0 Å². The van der Waals surface area contributed by atoms with Crippen LogP contribution in [0.1, 0.15) is 30.6 Å². The zero-order valence-electron chi connectivity index (χ0n) is 7.29. The molecule has 1 unspecified atom stereocenters. The Morgan fingerprint density at radius 1 is 1.58 bits per heavy atom. The molecule has 0 fully saturated rings. The minimum atomic E-state index is -0.413. The van der Waals surface area contributed by atoms with Gasteiger partial charge >= 0.3 is 0 Å².